The molecule has 0 saturated heterocycles. The highest BCUT2D eigenvalue weighted by Gasteiger charge is 2.16. The van der Waals surface area contributed by atoms with Crippen molar-refractivity contribution in [3.8, 4) is 0 Å². The van der Waals surface area contributed by atoms with Gasteiger partial charge in [-0.05, 0) is 31.5 Å². The van der Waals surface area contributed by atoms with Crippen LogP contribution >= 0.6 is 0 Å². The first-order chi connectivity index (χ1) is 9.49. The van der Waals surface area contributed by atoms with Crippen LogP contribution in [0.25, 0.3) is 0 Å². The molecule has 0 fully saturated rings. The average Bonchev–Trinajstić information content (AvgIpc) is 2.38. The molecule has 2 rings (SSSR count). The highest BCUT2D eigenvalue weighted by atomic mass is 16.6. The molecule has 2 aromatic rings. The summed E-state index contributed by atoms with van der Waals surface area (Å²) in [6.45, 7) is 3.78. The topological polar surface area (TPSA) is 72.2 Å². The minimum Gasteiger partial charge on any atom is -0.316 e. The van der Waals surface area contributed by atoms with Gasteiger partial charge in [-0.2, -0.15) is 0 Å². The molecule has 0 atom stereocenters. The van der Waals surface area contributed by atoms with E-state index in [1.54, 1.807) is 18.2 Å². The van der Waals surface area contributed by atoms with Crippen molar-refractivity contribution >= 4 is 17.3 Å². The number of hydrogen-bond donors (Lipinski definition) is 1. The van der Waals surface area contributed by atoms with E-state index in [2.05, 4.69) is 5.32 Å². The smallest absolute Gasteiger partial charge is 0.292 e. The van der Waals surface area contributed by atoms with Crippen molar-refractivity contribution in [2.75, 3.05) is 5.32 Å². The number of anilines is 1. The standard InChI is InChI=1S/C15H14N2O3/c1-10-7-8-12(11(2)9-10)15(18)16-13-5-3-4-6-14(13)17(19)20/h3-9H,1-2H3,(H,16,18). The summed E-state index contributed by atoms with van der Waals surface area (Å²) in [4.78, 5) is 22.6. The van der Waals surface area contributed by atoms with Crippen LogP contribution in [0.2, 0.25) is 0 Å². The van der Waals surface area contributed by atoms with E-state index in [1.165, 1.54) is 12.1 Å². The van der Waals surface area contributed by atoms with Crippen molar-refractivity contribution in [2.45, 2.75) is 13.8 Å². The Morgan fingerprint density at radius 1 is 1.15 bits per heavy atom. The lowest BCUT2D eigenvalue weighted by Gasteiger charge is -2.08. The molecule has 0 aliphatic rings. The maximum atomic E-state index is 12.2. The zero-order valence-corrected chi connectivity index (χ0v) is 11.2. The molecule has 0 unspecified atom stereocenters. The summed E-state index contributed by atoms with van der Waals surface area (Å²) in [5, 5.41) is 13.5. The van der Waals surface area contributed by atoms with E-state index in [-0.39, 0.29) is 17.3 Å². The molecule has 0 bridgehead atoms. The maximum absolute atomic E-state index is 12.2. The Bertz CT molecular complexity index is 681. The van der Waals surface area contributed by atoms with Crippen molar-refractivity contribution in [2.24, 2.45) is 0 Å². The Morgan fingerprint density at radius 2 is 1.85 bits per heavy atom. The highest BCUT2D eigenvalue weighted by molar-refractivity contribution is 6.06. The first-order valence-electron chi connectivity index (χ1n) is 6.11. The van der Waals surface area contributed by atoms with E-state index < -0.39 is 4.92 Å². The number of nitrogens with zero attached hydrogens (tertiary/aromatic N) is 1. The highest BCUT2D eigenvalue weighted by Crippen LogP contribution is 2.24. The van der Waals surface area contributed by atoms with Crippen molar-refractivity contribution in [3.63, 3.8) is 0 Å². The molecule has 0 aliphatic carbocycles. The fourth-order valence-electron chi connectivity index (χ4n) is 2.00. The van der Waals surface area contributed by atoms with Crippen LogP contribution in [0.3, 0.4) is 0 Å². The summed E-state index contributed by atoms with van der Waals surface area (Å²) in [5.74, 6) is -0.350. The van der Waals surface area contributed by atoms with Crippen molar-refractivity contribution in [3.05, 3.63) is 69.3 Å². The molecule has 5 nitrogen and oxygen atoms in total. The van der Waals surface area contributed by atoms with Crippen LogP contribution in [0.5, 0.6) is 0 Å². The molecule has 0 aliphatic heterocycles. The number of benzene rings is 2. The van der Waals surface area contributed by atoms with E-state index in [0.29, 0.717) is 5.56 Å². The molecular weight excluding hydrogens is 256 g/mol. The molecule has 0 radical (unpaired) electrons. The lowest BCUT2D eigenvalue weighted by atomic mass is 10.1. The number of nitro benzene ring substituents is 1. The van der Waals surface area contributed by atoms with Crippen LogP contribution in [-0.4, -0.2) is 10.8 Å². The SMILES string of the molecule is Cc1ccc(C(=O)Nc2ccccc2[N+](=O)[O-])c(C)c1. The van der Waals surface area contributed by atoms with Gasteiger partial charge >= 0.3 is 0 Å². The minimum atomic E-state index is -0.516. The van der Waals surface area contributed by atoms with Gasteiger partial charge in [0.25, 0.3) is 11.6 Å². The Kier molecular flexibility index (Phi) is 3.79. The quantitative estimate of drug-likeness (QED) is 0.685. The zero-order valence-electron chi connectivity index (χ0n) is 11.2. The minimum absolute atomic E-state index is 0.120. The Balaban J connectivity index is 2.30. The Hall–Kier alpha value is -2.69. The summed E-state index contributed by atoms with van der Waals surface area (Å²) in [6.07, 6.45) is 0. The number of para-hydroxylation sites is 2. The van der Waals surface area contributed by atoms with Crippen LogP contribution in [-0.2, 0) is 0 Å². The molecule has 20 heavy (non-hydrogen) atoms. The van der Waals surface area contributed by atoms with Gasteiger partial charge in [-0.25, -0.2) is 0 Å². The molecule has 0 saturated carbocycles. The van der Waals surface area contributed by atoms with Gasteiger partial charge in [0.15, 0.2) is 0 Å². The number of carbonyl (C=O) groups is 1. The number of amides is 1. The summed E-state index contributed by atoms with van der Waals surface area (Å²) in [7, 11) is 0. The van der Waals surface area contributed by atoms with Gasteiger partial charge in [0.05, 0.1) is 4.92 Å². The first-order valence-corrected chi connectivity index (χ1v) is 6.11. The van der Waals surface area contributed by atoms with E-state index >= 15 is 0 Å². The van der Waals surface area contributed by atoms with E-state index in [9.17, 15) is 14.9 Å². The Morgan fingerprint density at radius 3 is 2.50 bits per heavy atom. The second-order valence-corrected chi connectivity index (χ2v) is 4.55. The molecule has 5 heteroatoms. The molecule has 102 valence electrons. The second-order valence-electron chi connectivity index (χ2n) is 4.55. The third kappa shape index (κ3) is 2.83. The number of nitrogens with one attached hydrogen (secondary N) is 1. The van der Waals surface area contributed by atoms with Crippen LogP contribution in [0, 0.1) is 24.0 Å². The fourth-order valence-corrected chi connectivity index (χ4v) is 2.00. The molecule has 1 amide bonds. The largest absolute Gasteiger partial charge is 0.316 e. The van der Waals surface area contributed by atoms with Crippen LogP contribution in [0.4, 0.5) is 11.4 Å². The number of nitro groups is 1. The predicted molar refractivity (Wildman–Crippen MR) is 77.0 cm³/mol. The second kappa shape index (κ2) is 5.52. The van der Waals surface area contributed by atoms with Gasteiger partial charge in [-0.1, -0.05) is 29.8 Å². The first kappa shape index (κ1) is 13.7. The molecule has 1 N–H and O–H groups in total. The summed E-state index contributed by atoms with van der Waals surface area (Å²) >= 11 is 0. The summed E-state index contributed by atoms with van der Waals surface area (Å²) in [5.41, 5.74) is 2.48. The number of hydrogen-bond acceptors (Lipinski definition) is 3. The van der Waals surface area contributed by atoms with Crippen LogP contribution in [0.1, 0.15) is 21.5 Å². The lowest BCUT2D eigenvalue weighted by molar-refractivity contribution is -0.383. The van der Waals surface area contributed by atoms with Crippen LogP contribution in [0.15, 0.2) is 42.5 Å². The van der Waals surface area contributed by atoms with Gasteiger partial charge < -0.3 is 5.32 Å². The molecule has 0 aromatic heterocycles. The molecular formula is C15H14N2O3. The maximum Gasteiger partial charge on any atom is 0.292 e. The normalized spacial score (nSPS) is 10.1. The molecule has 0 heterocycles. The predicted octanol–water partition coefficient (Wildman–Crippen LogP) is 3.46. The van der Waals surface area contributed by atoms with E-state index in [1.807, 2.05) is 26.0 Å². The number of aryl methyl sites for hydroxylation is 2. The lowest BCUT2D eigenvalue weighted by Crippen LogP contribution is -2.14. The third-order valence-electron chi connectivity index (χ3n) is 2.98. The molecule has 0 spiro atoms. The third-order valence-corrected chi connectivity index (χ3v) is 2.98. The fraction of sp³-hybridized carbons (Fsp3) is 0.133. The van der Waals surface area contributed by atoms with Gasteiger partial charge in [-0.3, -0.25) is 14.9 Å². The van der Waals surface area contributed by atoms with E-state index in [4.69, 9.17) is 0 Å². The number of rotatable bonds is 3. The summed E-state index contributed by atoms with van der Waals surface area (Å²) in [6, 6.07) is 11.5. The Labute approximate surface area is 116 Å². The zero-order chi connectivity index (χ0) is 14.7. The van der Waals surface area contributed by atoms with Crippen LogP contribution < -0.4 is 5.32 Å². The monoisotopic (exact) mass is 270 g/mol. The summed E-state index contributed by atoms with van der Waals surface area (Å²) < 4.78 is 0. The van der Waals surface area contributed by atoms with Crippen molar-refractivity contribution in [1.82, 2.24) is 0 Å². The van der Waals surface area contributed by atoms with Gasteiger partial charge in [-0.15, -0.1) is 0 Å². The average molecular weight is 270 g/mol. The van der Waals surface area contributed by atoms with E-state index in [0.717, 1.165) is 11.1 Å². The number of carbonyl (C=O) groups excluding carboxylic acids is 1. The van der Waals surface area contributed by atoms with Crippen molar-refractivity contribution < 1.29 is 9.72 Å². The van der Waals surface area contributed by atoms with Gasteiger partial charge in [0, 0.05) is 11.6 Å². The van der Waals surface area contributed by atoms with Gasteiger partial charge in [0.1, 0.15) is 5.69 Å². The van der Waals surface area contributed by atoms with Gasteiger partial charge in [0.2, 0.25) is 0 Å². The molecule has 2 aromatic carbocycles. The van der Waals surface area contributed by atoms with Crippen molar-refractivity contribution in [1.29, 1.82) is 0 Å².